The summed E-state index contributed by atoms with van der Waals surface area (Å²) in [6.45, 7) is 4.76. The Morgan fingerprint density at radius 1 is 1.00 bits per heavy atom. The van der Waals surface area contributed by atoms with Gasteiger partial charge < -0.3 is 18.9 Å². The van der Waals surface area contributed by atoms with Gasteiger partial charge in [0.15, 0.2) is 11.5 Å². The lowest BCUT2D eigenvalue weighted by atomic mass is 10.1. The summed E-state index contributed by atoms with van der Waals surface area (Å²) in [6, 6.07) is 5.32. The quantitative estimate of drug-likeness (QED) is 0.246. The van der Waals surface area contributed by atoms with Gasteiger partial charge in [-0.3, -0.25) is 14.9 Å². The lowest BCUT2D eigenvalue weighted by molar-refractivity contribution is -0.122. The Morgan fingerprint density at radius 2 is 1.71 bits per heavy atom. The van der Waals surface area contributed by atoms with Gasteiger partial charge in [0.2, 0.25) is 0 Å². The van der Waals surface area contributed by atoms with E-state index >= 15 is 0 Å². The fraction of sp³-hybridized carbons (Fsp3) is 0.292. The predicted octanol–water partition coefficient (Wildman–Crippen LogP) is 4.82. The summed E-state index contributed by atoms with van der Waals surface area (Å²) >= 11 is 8.26. The normalized spacial score (nSPS) is 14.7. The molecule has 0 atom stereocenters. The summed E-state index contributed by atoms with van der Waals surface area (Å²) in [7, 11) is 2.77. The largest absolute Gasteiger partial charge is 0.495 e. The summed E-state index contributed by atoms with van der Waals surface area (Å²) in [5.74, 6) is -0.204. The molecular formula is C24H24ClIN2O7. The third kappa shape index (κ3) is 5.64. The van der Waals surface area contributed by atoms with Crippen molar-refractivity contribution in [1.82, 2.24) is 5.32 Å². The third-order valence-corrected chi connectivity index (χ3v) is 5.99. The number of halogens is 2. The summed E-state index contributed by atoms with van der Waals surface area (Å²) in [5, 5.41) is 2.43. The molecule has 1 aliphatic heterocycles. The van der Waals surface area contributed by atoms with Crippen LogP contribution in [0.5, 0.6) is 23.0 Å². The van der Waals surface area contributed by atoms with Gasteiger partial charge in [0.05, 0.1) is 41.7 Å². The van der Waals surface area contributed by atoms with Crippen molar-refractivity contribution in [2.75, 3.05) is 32.3 Å². The number of hydrogen-bond acceptors (Lipinski definition) is 7. The lowest BCUT2D eigenvalue weighted by Crippen LogP contribution is -2.54. The van der Waals surface area contributed by atoms with Crippen LogP contribution < -0.4 is 29.2 Å². The van der Waals surface area contributed by atoms with Crippen LogP contribution in [0.25, 0.3) is 6.08 Å². The molecule has 0 radical (unpaired) electrons. The summed E-state index contributed by atoms with van der Waals surface area (Å²) in [4.78, 5) is 39.5. The average molecular weight is 615 g/mol. The van der Waals surface area contributed by atoms with Gasteiger partial charge in [-0.1, -0.05) is 18.5 Å². The Labute approximate surface area is 221 Å². The Morgan fingerprint density at radius 3 is 2.34 bits per heavy atom. The van der Waals surface area contributed by atoms with Crippen LogP contribution in [0, 0.1) is 3.57 Å². The molecule has 186 valence electrons. The summed E-state index contributed by atoms with van der Waals surface area (Å²) in [6.07, 6.45) is 2.22. The zero-order valence-corrected chi connectivity index (χ0v) is 22.5. The van der Waals surface area contributed by atoms with Crippen LogP contribution in [0.1, 0.15) is 25.8 Å². The van der Waals surface area contributed by atoms with Crippen LogP contribution in [-0.4, -0.2) is 45.3 Å². The molecule has 1 fully saturated rings. The van der Waals surface area contributed by atoms with Crippen LogP contribution in [0.3, 0.4) is 0 Å². The minimum atomic E-state index is -0.923. The smallest absolute Gasteiger partial charge is 0.336 e. The molecule has 4 amide bonds. The molecule has 11 heteroatoms. The maximum Gasteiger partial charge on any atom is 0.336 e. The molecule has 0 unspecified atom stereocenters. The number of hydrogen-bond donors (Lipinski definition) is 1. The number of ether oxygens (including phenoxy) is 4. The highest BCUT2D eigenvalue weighted by molar-refractivity contribution is 14.1. The molecule has 1 saturated heterocycles. The predicted molar refractivity (Wildman–Crippen MR) is 140 cm³/mol. The number of carbonyl (C=O) groups is 3. The summed E-state index contributed by atoms with van der Waals surface area (Å²) in [5.41, 5.74) is 0.346. The monoisotopic (exact) mass is 614 g/mol. The Balaban J connectivity index is 2.08. The third-order valence-electron chi connectivity index (χ3n) is 4.89. The molecular weight excluding hydrogens is 591 g/mol. The Kier molecular flexibility index (Phi) is 8.84. The van der Waals surface area contributed by atoms with Crippen molar-refractivity contribution in [2.24, 2.45) is 0 Å². The number of rotatable bonds is 9. The fourth-order valence-electron chi connectivity index (χ4n) is 3.34. The molecule has 2 aromatic rings. The van der Waals surface area contributed by atoms with Crippen molar-refractivity contribution in [1.29, 1.82) is 0 Å². The molecule has 0 bridgehead atoms. The fourth-order valence-corrected chi connectivity index (χ4v) is 4.35. The van der Waals surface area contributed by atoms with Gasteiger partial charge >= 0.3 is 6.03 Å². The van der Waals surface area contributed by atoms with Gasteiger partial charge in [0.1, 0.15) is 17.1 Å². The van der Waals surface area contributed by atoms with Gasteiger partial charge in [-0.05, 0) is 59.7 Å². The lowest BCUT2D eigenvalue weighted by Gasteiger charge is -2.28. The average Bonchev–Trinajstić information content (AvgIpc) is 2.82. The molecule has 2 aromatic carbocycles. The highest BCUT2D eigenvalue weighted by Crippen LogP contribution is 2.40. The molecule has 0 aromatic heterocycles. The van der Waals surface area contributed by atoms with Gasteiger partial charge in [0.25, 0.3) is 11.8 Å². The standard InChI is InChI=1S/C24H24ClIN2O7/c1-5-7-35-21-16(26)9-13(10-20(21)34-6-2)8-14-22(29)27-24(31)28(23(14)30)17-12-18(32-3)15(25)11-19(17)33-4/h8-12H,5-7H2,1-4H3,(H,27,29,31)/b14-8+. The number of nitrogens with one attached hydrogen (secondary N) is 1. The van der Waals surface area contributed by atoms with E-state index in [0.29, 0.717) is 30.3 Å². The van der Waals surface area contributed by atoms with Crippen molar-refractivity contribution in [3.05, 3.63) is 44.0 Å². The minimum absolute atomic E-state index is 0.0718. The Hall–Kier alpha value is -2.99. The van der Waals surface area contributed by atoms with Crippen molar-refractivity contribution in [2.45, 2.75) is 20.3 Å². The van der Waals surface area contributed by atoms with E-state index in [1.807, 2.05) is 13.8 Å². The van der Waals surface area contributed by atoms with Crippen molar-refractivity contribution < 1.29 is 33.3 Å². The second kappa shape index (κ2) is 11.6. The number of benzene rings is 2. The number of urea groups is 1. The molecule has 35 heavy (non-hydrogen) atoms. The molecule has 0 spiro atoms. The second-order valence-electron chi connectivity index (χ2n) is 7.23. The van der Waals surface area contributed by atoms with Gasteiger partial charge in [-0.15, -0.1) is 0 Å². The maximum atomic E-state index is 13.4. The van der Waals surface area contributed by atoms with E-state index in [-0.39, 0.29) is 27.8 Å². The molecule has 3 rings (SSSR count). The first-order valence-electron chi connectivity index (χ1n) is 10.7. The van der Waals surface area contributed by atoms with E-state index in [1.54, 1.807) is 12.1 Å². The van der Waals surface area contributed by atoms with E-state index in [2.05, 4.69) is 27.9 Å². The highest BCUT2D eigenvalue weighted by atomic mass is 127. The number of nitrogens with zero attached hydrogens (tertiary/aromatic N) is 1. The highest BCUT2D eigenvalue weighted by Gasteiger charge is 2.38. The number of methoxy groups -OCH3 is 2. The maximum absolute atomic E-state index is 13.4. The second-order valence-corrected chi connectivity index (χ2v) is 8.80. The molecule has 1 aliphatic rings. The number of amides is 4. The molecule has 1 N–H and O–H groups in total. The van der Waals surface area contributed by atoms with Crippen LogP contribution in [0.4, 0.5) is 10.5 Å². The van der Waals surface area contributed by atoms with Crippen LogP contribution in [0.2, 0.25) is 5.02 Å². The molecule has 1 heterocycles. The number of barbiturate groups is 1. The van der Waals surface area contributed by atoms with E-state index in [1.165, 1.54) is 32.4 Å². The van der Waals surface area contributed by atoms with E-state index in [0.717, 1.165) is 14.9 Å². The Bertz CT molecular complexity index is 1200. The van der Waals surface area contributed by atoms with E-state index < -0.39 is 17.8 Å². The van der Waals surface area contributed by atoms with Crippen LogP contribution in [-0.2, 0) is 9.59 Å². The number of carbonyl (C=O) groups excluding carboxylic acids is 3. The number of imide groups is 2. The topological polar surface area (TPSA) is 103 Å². The van der Waals surface area contributed by atoms with Crippen molar-refractivity contribution in [3.63, 3.8) is 0 Å². The molecule has 9 nitrogen and oxygen atoms in total. The summed E-state index contributed by atoms with van der Waals surface area (Å²) < 4.78 is 22.8. The van der Waals surface area contributed by atoms with Crippen molar-refractivity contribution in [3.8, 4) is 23.0 Å². The van der Waals surface area contributed by atoms with Gasteiger partial charge in [-0.25, -0.2) is 9.69 Å². The van der Waals surface area contributed by atoms with Crippen molar-refractivity contribution >= 4 is 63.8 Å². The van der Waals surface area contributed by atoms with Crippen LogP contribution >= 0.6 is 34.2 Å². The first-order valence-corrected chi connectivity index (χ1v) is 12.1. The van der Waals surface area contributed by atoms with E-state index in [4.69, 9.17) is 30.5 Å². The zero-order chi connectivity index (χ0) is 25.7. The number of anilines is 1. The molecule has 0 aliphatic carbocycles. The van der Waals surface area contributed by atoms with Gasteiger partial charge in [0, 0.05) is 12.1 Å². The molecule has 0 saturated carbocycles. The SMILES string of the molecule is CCCOc1c(I)cc(/C=C2\C(=O)NC(=O)N(c3cc(OC)c(Cl)cc3OC)C2=O)cc1OCC. The van der Waals surface area contributed by atoms with E-state index in [9.17, 15) is 14.4 Å². The van der Waals surface area contributed by atoms with Gasteiger partial charge in [-0.2, -0.15) is 0 Å². The first-order chi connectivity index (χ1) is 16.7. The first kappa shape index (κ1) is 26.6. The van der Waals surface area contributed by atoms with Crippen LogP contribution in [0.15, 0.2) is 29.8 Å². The minimum Gasteiger partial charge on any atom is -0.495 e. The zero-order valence-electron chi connectivity index (χ0n) is 19.6.